The van der Waals surface area contributed by atoms with Crippen molar-refractivity contribution in [1.29, 1.82) is 0 Å². The number of nitrogens with one attached hydrogen (secondary N) is 1. The monoisotopic (exact) mass is 374 g/mol. The van der Waals surface area contributed by atoms with Crippen LogP contribution >= 0.6 is 0 Å². The topological polar surface area (TPSA) is 55.2 Å². The van der Waals surface area contributed by atoms with E-state index in [9.17, 15) is 10.1 Å². The van der Waals surface area contributed by atoms with Crippen molar-refractivity contribution in [3.8, 4) is 11.1 Å². The van der Waals surface area contributed by atoms with Crippen LogP contribution < -0.4 is 5.32 Å². The molecule has 0 amide bonds. The molecule has 0 unspecified atom stereocenters. The summed E-state index contributed by atoms with van der Waals surface area (Å²) in [7, 11) is 0. The summed E-state index contributed by atoms with van der Waals surface area (Å²) in [6, 6.07) is 21.5. The van der Waals surface area contributed by atoms with Gasteiger partial charge in [0.1, 0.15) is 5.69 Å². The summed E-state index contributed by atoms with van der Waals surface area (Å²) in [5.41, 5.74) is 6.22. The molecule has 4 heteroatoms. The third-order valence-corrected chi connectivity index (χ3v) is 4.91. The first-order chi connectivity index (χ1) is 13.4. The van der Waals surface area contributed by atoms with E-state index in [4.69, 9.17) is 0 Å². The molecule has 0 fully saturated rings. The molecule has 3 aromatic carbocycles. The van der Waals surface area contributed by atoms with E-state index in [0.29, 0.717) is 5.69 Å². The van der Waals surface area contributed by atoms with E-state index in [0.717, 1.165) is 16.8 Å². The number of nitrogens with zero attached hydrogens (tertiary/aromatic N) is 1. The van der Waals surface area contributed by atoms with Crippen molar-refractivity contribution in [1.82, 2.24) is 0 Å². The van der Waals surface area contributed by atoms with Gasteiger partial charge in [0.25, 0.3) is 5.69 Å². The lowest BCUT2D eigenvalue weighted by Crippen LogP contribution is -2.06. The minimum atomic E-state index is -0.342. The maximum atomic E-state index is 11.5. The zero-order valence-electron chi connectivity index (χ0n) is 16.8. The van der Waals surface area contributed by atoms with Gasteiger partial charge < -0.3 is 5.32 Å². The molecule has 0 radical (unpaired) electrons. The molecular formula is C24H26N2O2. The Morgan fingerprint density at radius 2 is 1.32 bits per heavy atom. The Balaban J connectivity index is 2.19. The van der Waals surface area contributed by atoms with Crippen molar-refractivity contribution >= 4 is 17.1 Å². The van der Waals surface area contributed by atoms with Gasteiger partial charge >= 0.3 is 0 Å². The molecule has 0 bridgehead atoms. The highest BCUT2D eigenvalue weighted by Crippen LogP contribution is 2.40. The Morgan fingerprint density at radius 1 is 0.786 bits per heavy atom. The first-order valence-electron chi connectivity index (χ1n) is 9.62. The number of hydrogen-bond acceptors (Lipinski definition) is 3. The van der Waals surface area contributed by atoms with Crippen molar-refractivity contribution < 1.29 is 4.92 Å². The van der Waals surface area contributed by atoms with E-state index < -0.39 is 0 Å². The van der Waals surface area contributed by atoms with Crippen molar-refractivity contribution in [3.63, 3.8) is 0 Å². The average molecular weight is 374 g/mol. The van der Waals surface area contributed by atoms with Crippen LogP contribution in [0.2, 0.25) is 0 Å². The summed E-state index contributed by atoms with van der Waals surface area (Å²) in [5, 5.41) is 14.8. The summed E-state index contributed by atoms with van der Waals surface area (Å²) < 4.78 is 0. The molecule has 0 aromatic heterocycles. The molecule has 0 saturated heterocycles. The molecule has 3 rings (SSSR count). The molecule has 0 saturated carbocycles. The van der Waals surface area contributed by atoms with Crippen LogP contribution in [-0.4, -0.2) is 4.92 Å². The van der Waals surface area contributed by atoms with E-state index in [2.05, 4.69) is 57.3 Å². The molecule has 0 heterocycles. The van der Waals surface area contributed by atoms with Crippen LogP contribution in [0.5, 0.6) is 0 Å². The molecule has 0 spiro atoms. The third-order valence-electron chi connectivity index (χ3n) is 4.91. The van der Waals surface area contributed by atoms with Gasteiger partial charge in [0, 0.05) is 11.8 Å². The maximum Gasteiger partial charge on any atom is 0.292 e. The van der Waals surface area contributed by atoms with Crippen LogP contribution in [0.15, 0.2) is 66.7 Å². The minimum Gasteiger partial charge on any atom is -0.349 e. The van der Waals surface area contributed by atoms with Crippen LogP contribution in [0, 0.1) is 10.1 Å². The number of nitro groups is 1. The molecule has 144 valence electrons. The second-order valence-electron chi connectivity index (χ2n) is 7.60. The second kappa shape index (κ2) is 8.26. The van der Waals surface area contributed by atoms with Gasteiger partial charge in [-0.1, -0.05) is 70.2 Å². The molecule has 3 aromatic rings. The lowest BCUT2D eigenvalue weighted by molar-refractivity contribution is -0.383. The summed E-state index contributed by atoms with van der Waals surface area (Å²) >= 11 is 0. The predicted molar refractivity (Wildman–Crippen MR) is 116 cm³/mol. The number of nitro benzene ring substituents is 1. The van der Waals surface area contributed by atoms with Crippen molar-refractivity contribution in [3.05, 3.63) is 88.0 Å². The molecule has 0 atom stereocenters. The van der Waals surface area contributed by atoms with E-state index >= 15 is 0 Å². The smallest absolute Gasteiger partial charge is 0.292 e. The number of benzene rings is 3. The van der Waals surface area contributed by atoms with Crippen LogP contribution in [0.4, 0.5) is 17.1 Å². The fourth-order valence-corrected chi connectivity index (χ4v) is 3.41. The molecule has 0 aliphatic heterocycles. The minimum absolute atomic E-state index is 0.0825. The van der Waals surface area contributed by atoms with E-state index in [1.54, 1.807) is 12.1 Å². The standard InChI is InChI=1S/C24H26N2O2/c1-16(2)20-14-19(18-10-6-5-7-11-18)15-21(17(3)4)24(20)25-22-12-8-9-13-23(22)26(27)28/h5-17,25H,1-4H3. The van der Waals surface area contributed by atoms with Crippen molar-refractivity contribution in [2.24, 2.45) is 0 Å². The zero-order chi connectivity index (χ0) is 20.3. The van der Waals surface area contributed by atoms with E-state index in [1.807, 2.05) is 24.3 Å². The van der Waals surface area contributed by atoms with Gasteiger partial charge in [-0.25, -0.2) is 0 Å². The predicted octanol–water partition coefficient (Wildman–Crippen LogP) is 7.25. The summed E-state index contributed by atoms with van der Waals surface area (Å²) in [5.74, 6) is 0.540. The first kappa shape index (κ1) is 19.6. The zero-order valence-corrected chi connectivity index (χ0v) is 16.8. The van der Waals surface area contributed by atoms with Crippen LogP contribution in [0.1, 0.15) is 50.7 Å². The largest absolute Gasteiger partial charge is 0.349 e. The van der Waals surface area contributed by atoms with Crippen molar-refractivity contribution in [2.45, 2.75) is 39.5 Å². The summed E-state index contributed by atoms with van der Waals surface area (Å²) in [6.07, 6.45) is 0. The number of rotatable bonds is 6. The van der Waals surface area contributed by atoms with Gasteiger partial charge in [-0.2, -0.15) is 0 Å². The van der Waals surface area contributed by atoms with Gasteiger partial charge in [-0.05, 0) is 52.3 Å². The van der Waals surface area contributed by atoms with Gasteiger partial charge in [0.2, 0.25) is 0 Å². The van der Waals surface area contributed by atoms with Crippen LogP contribution in [0.25, 0.3) is 11.1 Å². The highest BCUT2D eigenvalue weighted by molar-refractivity contribution is 5.78. The van der Waals surface area contributed by atoms with Crippen LogP contribution in [-0.2, 0) is 0 Å². The Bertz CT molecular complexity index is 950. The molecular weight excluding hydrogens is 348 g/mol. The lowest BCUT2D eigenvalue weighted by atomic mass is 9.88. The maximum absolute atomic E-state index is 11.5. The summed E-state index contributed by atoms with van der Waals surface area (Å²) in [4.78, 5) is 11.1. The Morgan fingerprint density at radius 3 is 1.86 bits per heavy atom. The van der Waals surface area contributed by atoms with Gasteiger partial charge in [0.05, 0.1) is 4.92 Å². The third kappa shape index (κ3) is 4.06. The number of anilines is 2. The number of hydrogen-bond donors (Lipinski definition) is 1. The Hall–Kier alpha value is -3.14. The molecule has 0 aliphatic carbocycles. The molecule has 28 heavy (non-hydrogen) atoms. The Labute approximate surface area is 166 Å². The fourth-order valence-electron chi connectivity index (χ4n) is 3.41. The summed E-state index contributed by atoms with van der Waals surface area (Å²) in [6.45, 7) is 8.61. The van der Waals surface area contributed by atoms with Crippen molar-refractivity contribution in [2.75, 3.05) is 5.32 Å². The quantitative estimate of drug-likeness (QED) is 0.365. The average Bonchev–Trinajstić information content (AvgIpc) is 2.68. The van der Waals surface area contributed by atoms with Crippen LogP contribution in [0.3, 0.4) is 0 Å². The molecule has 4 nitrogen and oxygen atoms in total. The molecule has 0 aliphatic rings. The highest BCUT2D eigenvalue weighted by atomic mass is 16.6. The normalized spacial score (nSPS) is 11.1. The Kier molecular flexibility index (Phi) is 5.78. The second-order valence-corrected chi connectivity index (χ2v) is 7.60. The van der Waals surface area contributed by atoms with E-state index in [-0.39, 0.29) is 22.4 Å². The number of para-hydroxylation sites is 2. The van der Waals surface area contributed by atoms with Gasteiger partial charge in [-0.3, -0.25) is 10.1 Å². The molecule has 1 N–H and O–H groups in total. The lowest BCUT2D eigenvalue weighted by Gasteiger charge is -2.23. The fraction of sp³-hybridized carbons (Fsp3) is 0.250. The van der Waals surface area contributed by atoms with E-state index in [1.165, 1.54) is 17.2 Å². The highest BCUT2D eigenvalue weighted by Gasteiger charge is 2.20. The SMILES string of the molecule is CC(C)c1cc(-c2ccccc2)cc(C(C)C)c1Nc1ccccc1[N+](=O)[O-]. The first-order valence-corrected chi connectivity index (χ1v) is 9.62. The van der Waals surface area contributed by atoms with Gasteiger partial charge in [-0.15, -0.1) is 0 Å². The van der Waals surface area contributed by atoms with Gasteiger partial charge in [0.15, 0.2) is 0 Å².